The lowest BCUT2D eigenvalue weighted by Gasteiger charge is -2.40. The van der Waals surface area contributed by atoms with E-state index in [2.05, 4.69) is 5.32 Å². The number of hydrogen-bond acceptors (Lipinski definition) is 7. The highest BCUT2D eigenvalue weighted by atomic mass is 32.3. The van der Waals surface area contributed by atoms with Crippen molar-refractivity contribution in [3.8, 4) is 5.75 Å². The van der Waals surface area contributed by atoms with E-state index < -0.39 is 32.0 Å². The Bertz CT molecular complexity index is 1390. The predicted octanol–water partition coefficient (Wildman–Crippen LogP) is 3.66. The molecule has 0 bridgehead atoms. The van der Waals surface area contributed by atoms with Gasteiger partial charge in [-0.15, -0.1) is 0 Å². The zero-order valence-corrected chi connectivity index (χ0v) is 22.9. The summed E-state index contributed by atoms with van der Waals surface area (Å²) in [4.78, 5) is 13.8. The van der Waals surface area contributed by atoms with Gasteiger partial charge in [0.1, 0.15) is 5.75 Å². The number of hydrogen-bond donors (Lipinski definition) is 1. The fourth-order valence-electron chi connectivity index (χ4n) is 4.68. The topological polar surface area (TPSA) is 113 Å². The number of carbonyl (C=O) groups excluding carboxylic acids is 1. The Kier molecular flexibility index (Phi) is 8.51. The molecule has 2 atom stereocenters. The number of ether oxygens (including phenoxy) is 1. The van der Waals surface area contributed by atoms with E-state index in [1.165, 1.54) is 61.7 Å². The number of nitrogens with zero attached hydrogens (tertiary/aromatic N) is 2. The van der Waals surface area contributed by atoms with Gasteiger partial charge in [0.05, 0.1) is 28.5 Å². The van der Waals surface area contributed by atoms with E-state index in [4.69, 9.17) is 4.74 Å². The number of rotatable bonds is 10. The summed E-state index contributed by atoms with van der Waals surface area (Å²) >= 11 is 0. The van der Waals surface area contributed by atoms with Crippen molar-refractivity contribution in [2.75, 3.05) is 13.7 Å². The molecule has 1 aliphatic rings. The molecule has 11 heteroatoms. The van der Waals surface area contributed by atoms with Gasteiger partial charge < -0.3 is 10.1 Å². The van der Waals surface area contributed by atoms with Gasteiger partial charge in [0, 0.05) is 9.86 Å². The molecule has 3 aromatic rings. The van der Waals surface area contributed by atoms with E-state index in [0.717, 1.165) is 11.4 Å². The fraction of sp³-hybridized carbons (Fsp3) is 0.296. The minimum atomic E-state index is -4.78. The van der Waals surface area contributed by atoms with Crippen LogP contribution < -0.4 is 10.1 Å². The van der Waals surface area contributed by atoms with Crippen LogP contribution in [0.3, 0.4) is 0 Å². The Labute approximate surface area is 224 Å². The first-order chi connectivity index (χ1) is 18.2. The van der Waals surface area contributed by atoms with Crippen molar-refractivity contribution in [3.63, 3.8) is 0 Å². The molecule has 1 saturated heterocycles. The summed E-state index contributed by atoms with van der Waals surface area (Å²) in [5.41, 5.74) is 0.0444. The standard InChI is InChI=1S/C27H31N3O6S2/c1-3-25(24-18-12-20-28-24)29(27(31)23-17-10-11-19-26(23)36-2)30(37(32,33)21-13-6-4-7-14-21)38(34,35)22-15-8-5-9-16-22/h4-11,13-17,19,24-25,28H,3,12,18,20H2,1-2H3. The Morgan fingerprint density at radius 1 is 0.895 bits per heavy atom. The monoisotopic (exact) mass is 557 g/mol. The summed E-state index contributed by atoms with van der Waals surface area (Å²) in [5, 5.41) is 4.21. The summed E-state index contributed by atoms with van der Waals surface area (Å²) in [6.07, 6.45) is 1.76. The molecule has 4 rings (SSSR count). The van der Waals surface area contributed by atoms with Gasteiger partial charge in [0.2, 0.25) is 0 Å². The van der Waals surface area contributed by atoms with Crippen molar-refractivity contribution in [2.45, 2.75) is 48.1 Å². The molecule has 2 unspecified atom stereocenters. The Morgan fingerprint density at radius 2 is 1.42 bits per heavy atom. The number of carbonyl (C=O) groups is 1. The van der Waals surface area contributed by atoms with E-state index in [0.29, 0.717) is 19.4 Å². The molecule has 1 amide bonds. The highest BCUT2D eigenvalue weighted by molar-refractivity contribution is 8.04. The highest BCUT2D eigenvalue weighted by Gasteiger charge is 2.48. The first kappa shape index (κ1) is 27.8. The van der Waals surface area contributed by atoms with Crippen LogP contribution in [0.25, 0.3) is 0 Å². The molecule has 202 valence electrons. The Balaban J connectivity index is 2.02. The van der Waals surface area contributed by atoms with Crippen molar-refractivity contribution in [1.29, 1.82) is 0 Å². The van der Waals surface area contributed by atoms with Gasteiger partial charge in [-0.05, 0) is 62.2 Å². The molecule has 0 aliphatic carbocycles. The van der Waals surface area contributed by atoms with Gasteiger partial charge in [-0.25, -0.2) is 21.8 Å². The van der Waals surface area contributed by atoms with Crippen molar-refractivity contribution in [3.05, 3.63) is 90.5 Å². The maximum atomic E-state index is 14.3. The summed E-state index contributed by atoms with van der Waals surface area (Å²) in [6.45, 7) is 2.48. The van der Waals surface area contributed by atoms with Gasteiger partial charge in [-0.1, -0.05) is 55.5 Å². The van der Waals surface area contributed by atoms with E-state index in [9.17, 15) is 21.6 Å². The lowest BCUT2D eigenvalue weighted by atomic mass is 10.0. The van der Waals surface area contributed by atoms with Gasteiger partial charge in [0.15, 0.2) is 0 Å². The highest BCUT2D eigenvalue weighted by Crippen LogP contribution is 2.33. The van der Waals surface area contributed by atoms with Gasteiger partial charge in [0.25, 0.3) is 26.0 Å². The van der Waals surface area contributed by atoms with Crippen LogP contribution in [0.5, 0.6) is 5.75 Å². The van der Waals surface area contributed by atoms with Crippen molar-refractivity contribution in [2.24, 2.45) is 0 Å². The molecule has 1 fully saturated rings. The van der Waals surface area contributed by atoms with Crippen LogP contribution in [0.2, 0.25) is 0 Å². The third-order valence-corrected chi connectivity index (χ3v) is 10.6. The van der Waals surface area contributed by atoms with Crippen LogP contribution in [0.1, 0.15) is 36.5 Å². The van der Waals surface area contributed by atoms with Crippen molar-refractivity contribution in [1.82, 2.24) is 14.1 Å². The van der Waals surface area contributed by atoms with Crippen LogP contribution in [0.4, 0.5) is 0 Å². The van der Waals surface area contributed by atoms with Gasteiger partial charge >= 0.3 is 0 Å². The fourth-order valence-corrected chi connectivity index (χ4v) is 8.45. The Morgan fingerprint density at radius 3 is 1.89 bits per heavy atom. The largest absolute Gasteiger partial charge is 0.496 e. The molecule has 0 spiro atoms. The van der Waals surface area contributed by atoms with E-state index in [1.54, 1.807) is 37.3 Å². The maximum Gasteiger partial charge on any atom is 0.274 e. The number of amides is 1. The van der Waals surface area contributed by atoms with Crippen molar-refractivity contribution >= 4 is 26.0 Å². The molecule has 0 radical (unpaired) electrons. The molecule has 0 saturated carbocycles. The minimum absolute atomic E-state index is 0.0444. The van der Waals surface area contributed by atoms with Gasteiger partial charge in [-0.3, -0.25) is 4.79 Å². The number of benzene rings is 3. The first-order valence-electron chi connectivity index (χ1n) is 12.3. The first-order valence-corrected chi connectivity index (χ1v) is 15.2. The normalized spacial score (nSPS) is 16.8. The Hall–Kier alpha value is -3.25. The summed E-state index contributed by atoms with van der Waals surface area (Å²) in [6, 6.07) is 19.7. The van der Waals surface area contributed by atoms with E-state index >= 15 is 0 Å². The summed E-state index contributed by atoms with van der Waals surface area (Å²) in [5.74, 6) is -0.604. The third-order valence-electron chi connectivity index (χ3n) is 6.51. The molecule has 1 aliphatic heterocycles. The number of hydrazine groups is 1. The van der Waals surface area contributed by atoms with E-state index in [1.807, 2.05) is 0 Å². The minimum Gasteiger partial charge on any atom is -0.496 e. The molecular weight excluding hydrogens is 526 g/mol. The second-order valence-electron chi connectivity index (χ2n) is 8.84. The average Bonchev–Trinajstić information content (AvgIpc) is 3.48. The summed E-state index contributed by atoms with van der Waals surface area (Å²) < 4.78 is 62.6. The zero-order chi connectivity index (χ0) is 27.3. The maximum absolute atomic E-state index is 14.3. The number of para-hydroxylation sites is 1. The van der Waals surface area contributed by atoms with E-state index in [-0.39, 0.29) is 31.0 Å². The summed E-state index contributed by atoms with van der Waals surface area (Å²) in [7, 11) is -8.17. The molecule has 3 aromatic carbocycles. The zero-order valence-electron chi connectivity index (χ0n) is 21.2. The molecule has 0 aromatic heterocycles. The molecule has 1 N–H and O–H groups in total. The van der Waals surface area contributed by atoms with Crippen LogP contribution in [0, 0.1) is 0 Å². The molecule has 38 heavy (non-hydrogen) atoms. The quantitative estimate of drug-likeness (QED) is 0.379. The lowest BCUT2D eigenvalue weighted by Crippen LogP contribution is -2.60. The third kappa shape index (κ3) is 5.32. The SMILES string of the molecule is CCC(C1CCCN1)N(C(=O)c1ccccc1OC)N(S(=O)(=O)c1ccccc1)S(=O)(=O)c1ccccc1. The second kappa shape index (κ2) is 11.6. The predicted molar refractivity (Wildman–Crippen MR) is 143 cm³/mol. The number of sulfonamides is 2. The lowest BCUT2D eigenvalue weighted by molar-refractivity contribution is 0.0327. The second-order valence-corrected chi connectivity index (χ2v) is 12.6. The van der Waals surface area contributed by atoms with Crippen LogP contribution in [0.15, 0.2) is 94.7 Å². The van der Waals surface area contributed by atoms with Gasteiger partial charge in [-0.2, -0.15) is 0 Å². The molecule has 9 nitrogen and oxygen atoms in total. The number of nitrogens with one attached hydrogen (secondary N) is 1. The number of methoxy groups -OCH3 is 1. The molecule has 1 heterocycles. The van der Waals surface area contributed by atoms with Crippen molar-refractivity contribution < 1.29 is 26.4 Å². The van der Waals surface area contributed by atoms with Crippen LogP contribution in [-0.2, 0) is 20.0 Å². The van der Waals surface area contributed by atoms with Crippen LogP contribution >= 0.6 is 0 Å². The van der Waals surface area contributed by atoms with Crippen LogP contribution in [-0.4, -0.2) is 57.3 Å². The smallest absolute Gasteiger partial charge is 0.274 e. The molecular formula is C27H31N3O6S2. The average molecular weight is 558 g/mol.